The SMILES string of the molecule is CC(Cc1ccccc1OC(=O)CC(C)(C)C)C(C)Cc1ccccc1OC(=O)CC(C)(C)C. The van der Waals surface area contributed by atoms with Crippen LogP contribution in [0.5, 0.6) is 11.5 Å². The quantitative estimate of drug-likeness (QED) is 0.285. The highest BCUT2D eigenvalue weighted by Gasteiger charge is 2.22. The van der Waals surface area contributed by atoms with Gasteiger partial charge in [0.15, 0.2) is 0 Å². The molecule has 0 bridgehead atoms. The third-order valence-corrected chi connectivity index (χ3v) is 5.80. The van der Waals surface area contributed by atoms with Gasteiger partial charge in [-0.15, -0.1) is 0 Å². The second-order valence-corrected chi connectivity index (χ2v) is 12.0. The number of hydrogen-bond donors (Lipinski definition) is 0. The van der Waals surface area contributed by atoms with Crippen molar-refractivity contribution in [3.63, 3.8) is 0 Å². The summed E-state index contributed by atoms with van der Waals surface area (Å²) in [6, 6.07) is 15.6. The molecule has 0 saturated heterocycles. The molecule has 0 saturated carbocycles. The second-order valence-electron chi connectivity index (χ2n) is 12.0. The van der Waals surface area contributed by atoms with Crippen molar-refractivity contribution in [2.45, 2.75) is 81.1 Å². The van der Waals surface area contributed by atoms with Crippen molar-refractivity contribution in [3.8, 4) is 11.5 Å². The normalized spacial score (nSPS) is 13.8. The van der Waals surface area contributed by atoms with E-state index in [1.807, 2.05) is 90.1 Å². The Morgan fingerprint density at radius 1 is 0.647 bits per heavy atom. The van der Waals surface area contributed by atoms with Gasteiger partial charge in [-0.25, -0.2) is 0 Å². The molecule has 34 heavy (non-hydrogen) atoms. The molecule has 2 aromatic carbocycles. The van der Waals surface area contributed by atoms with E-state index >= 15 is 0 Å². The number of hydrogen-bond acceptors (Lipinski definition) is 4. The topological polar surface area (TPSA) is 52.6 Å². The van der Waals surface area contributed by atoms with Crippen molar-refractivity contribution in [2.75, 3.05) is 0 Å². The summed E-state index contributed by atoms with van der Waals surface area (Å²) in [6.45, 7) is 16.6. The Hall–Kier alpha value is -2.62. The van der Waals surface area contributed by atoms with Crippen molar-refractivity contribution in [2.24, 2.45) is 22.7 Å². The van der Waals surface area contributed by atoms with Gasteiger partial charge in [-0.3, -0.25) is 9.59 Å². The van der Waals surface area contributed by atoms with Gasteiger partial charge in [0.25, 0.3) is 0 Å². The summed E-state index contributed by atoms with van der Waals surface area (Å²) < 4.78 is 11.5. The van der Waals surface area contributed by atoms with Gasteiger partial charge in [-0.05, 0) is 58.8 Å². The van der Waals surface area contributed by atoms with Crippen molar-refractivity contribution in [1.29, 1.82) is 0 Å². The molecule has 186 valence electrons. The summed E-state index contributed by atoms with van der Waals surface area (Å²) >= 11 is 0. The zero-order valence-corrected chi connectivity index (χ0v) is 22.2. The van der Waals surface area contributed by atoms with Crippen LogP contribution in [0.15, 0.2) is 48.5 Å². The van der Waals surface area contributed by atoms with Crippen LogP contribution in [0.1, 0.15) is 79.4 Å². The van der Waals surface area contributed by atoms with E-state index in [1.54, 1.807) is 0 Å². The highest BCUT2D eigenvalue weighted by Crippen LogP contribution is 2.30. The van der Waals surface area contributed by atoms with Crippen molar-refractivity contribution in [3.05, 3.63) is 59.7 Å². The van der Waals surface area contributed by atoms with Gasteiger partial charge in [0.1, 0.15) is 11.5 Å². The highest BCUT2D eigenvalue weighted by atomic mass is 16.5. The number of ether oxygens (including phenoxy) is 2. The summed E-state index contributed by atoms with van der Waals surface area (Å²) in [5.74, 6) is 1.56. The lowest BCUT2D eigenvalue weighted by Crippen LogP contribution is -2.20. The largest absolute Gasteiger partial charge is 0.426 e. The standard InChI is InChI=1S/C30H42O4/c1-21(17-23-13-9-11-15-25(23)33-27(31)19-29(3,4)5)22(2)18-24-14-10-12-16-26(24)34-28(32)20-30(6,7)8/h9-16,21-22H,17-20H2,1-8H3. The smallest absolute Gasteiger partial charge is 0.311 e. The van der Waals surface area contributed by atoms with Crippen molar-refractivity contribution in [1.82, 2.24) is 0 Å². The van der Waals surface area contributed by atoms with Gasteiger partial charge < -0.3 is 9.47 Å². The van der Waals surface area contributed by atoms with Crippen LogP contribution in [0.25, 0.3) is 0 Å². The van der Waals surface area contributed by atoms with Crippen LogP contribution in [-0.4, -0.2) is 11.9 Å². The van der Waals surface area contributed by atoms with E-state index in [9.17, 15) is 9.59 Å². The molecule has 2 rings (SSSR count). The van der Waals surface area contributed by atoms with Crippen molar-refractivity contribution < 1.29 is 19.1 Å². The van der Waals surface area contributed by atoms with E-state index in [0.29, 0.717) is 36.2 Å². The fourth-order valence-corrected chi connectivity index (χ4v) is 3.82. The average Bonchev–Trinajstić information content (AvgIpc) is 2.68. The highest BCUT2D eigenvalue weighted by molar-refractivity contribution is 5.74. The van der Waals surface area contributed by atoms with Gasteiger partial charge in [0.2, 0.25) is 0 Å². The first-order valence-electron chi connectivity index (χ1n) is 12.3. The molecule has 0 N–H and O–H groups in total. The Balaban J connectivity index is 2.06. The maximum atomic E-state index is 12.4. The number of esters is 2. The molecule has 0 heterocycles. The lowest BCUT2D eigenvalue weighted by molar-refractivity contribution is -0.137. The number of benzene rings is 2. The molecular formula is C30H42O4. The van der Waals surface area contributed by atoms with Gasteiger partial charge in [0, 0.05) is 0 Å². The van der Waals surface area contributed by atoms with Crippen LogP contribution in [0.2, 0.25) is 0 Å². The first-order valence-corrected chi connectivity index (χ1v) is 12.3. The predicted molar refractivity (Wildman–Crippen MR) is 138 cm³/mol. The minimum absolute atomic E-state index is 0.114. The van der Waals surface area contributed by atoms with Crippen molar-refractivity contribution >= 4 is 11.9 Å². The molecule has 0 aliphatic rings. The van der Waals surface area contributed by atoms with Crippen LogP contribution in [0.3, 0.4) is 0 Å². The molecule has 0 radical (unpaired) electrons. The van der Waals surface area contributed by atoms with Crippen LogP contribution in [0.4, 0.5) is 0 Å². The van der Waals surface area contributed by atoms with Gasteiger partial charge in [-0.2, -0.15) is 0 Å². The minimum atomic E-state index is -0.202. The van der Waals surface area contributed by atoms with E-state index in [2.05, 4.69) is 13.8 Å². The summed E-state index contributed by atoms with van der Waals surface area (Å²) in [4.78, 5) is 24.8. The summed E-state index contributed by atoms with van der Waals surface area (Å²) in [6.07, 6.45) is 2.34. The monoisotopic (exact) mass is 466 g/mol. The molecule has 0 amide bonds. The third-order valence-electron chi connectivity index (χ3n) is 5.80. The fraction of sp³-hybridized carbons (Fsp3) is 0.533. The molecule has 2 atom stereocenters. The molecule has 0 aliphatic carbocycles. The van der Waals surface area contributed by atoms with Crippen LogP contribution < -0.4 is 9.47 Å². The van der Waals surface area contributed by atoms with Crippen LogP contribution in [0, 0.1) is 22.7 Å². The van der Waals surface area contributed by atoms with Gasteiger partial charge in [0.05, 0.1) is 12.8 Å². The zero-order chi connectivity index (χ0) is 25.5. The van der Waals surface area contributed by atoms with E-state index in [1.165, 1.54) is 0 Å². The Morgan fingerprint density at radius 2 is 0.971 bits per heavy atom. The molecule has 0 aromatic heterocycles. The van der Waals surface area contributed by atoms with Crippen LogP contribution in [-0.2, 0) is 22.4 Å². The maximum absolute atomic E-state index is 12.4. The molecule has 0 fully saturated rings. The van der Waals surface area contributed by atoms with E-state index in [-0.39, 0.29) is 22.8 Å². The number of rotatable bonds is 9. The predicted octanol–water partition coefficient (Wildman–Crippen LogP) is 7.43. The first kappa shape index (κ1) is 27.6. The fourth-order valence-electron chi connectivity index (χ4n) is 3.82. The molecular weight excluding hydrogens is 424 g/mol. The molecule has 0 aliphatic heterocycles. The average molecular weight is 467 g/mol. The Labute approximate surface area is 206 Å². The molecule has 4 heteroatoms. The first-order chi connectivity index (χ1) is 15.7. The minimum Gasteiger partial charge on any atom is -0.426 e. The Bertz CT molecular complexity index is 883. The van der Waals surface area contributed by atoms with Gasteiger partial charge >= 0.3 is 11.9 Å². The van der Waals surface area contributed by atoms with E-state index in [0.717, 1.165) is 24.0 Å². The Morgan fingerprint density at radius 3 is 1.29 bits per heavy atom. The lowest BCUT2D eigenvalue weighted by atomic mass is 9.85. The van der Waals surface area contributed by atoms with Crippen LogP contribution >= 0.6 is 0 Å². The lowest BCUT2D eigenvalue weighted by Gasteiger charge is -2.23. The zero-order valence-electron chi connectivity index (χ0n) is 22.2. The molecule has 4 nitrogen and oxygen atoms in total. The second kappa shape index (κ2) is 11.7. The molecule has 2 unspecified atom stereocenters. The number of carbonyl (C=O) groups is 2. The summed E-state index contributed by atoms with van der Waals surface area (Å²) in [5.41, 5.74) is 1.85. The van der Waals surface area contributed by atoms with Gasteiger partial charge in [-0.1, -0.05) is 91.8 Å². The molecule has 0 spiro atoms. The number of carbonyl (C=O) groups excluding carboxylic acids is 2. The summed E-state index contributed by atoms with van der Waals surface area (Å²) in [7, 11) is 0. The van der Waals surface area contributed by atoms with E-state index < -0.39 is 0 Å². The van der Waals surface area contributed by atoms with E-state index in [4.69, 9.17) is 9.47 Å². The summed E-state index contributed by atoms with van der Waals surface area (Å²) in [5, 5.41) is 0. The number of para-hydroxylation sites is 2. The molecule has 2 aromatic rings. The maximum Gasteiger partial charge on any atom is 0.311 e. The third kappa shape index (κ3) is 9.70. The Kier molecular flexibility index (Phi) is 9.49.